The van der Waals surface area contributed by atoms with E-state index in [9.17, 15) is 4.79 Å². The van der Waals surface area contributed by atoms with E-state index >= 15 is 0 Å². The number of rotatable bonds is 5. The smallest absolute Gasteiger partial charge is 0.168 e. The molecule has 0 aromatic carbocycles. The standard InChI is InChI=1S/C8H14OS/c1-4-5-6-8(9)7(2)10-3/h2,4-6H2,1,3H3. The normalized spacial score (nSPS) is 9.40. The van der Waals surface area contributed by atoms with E-state index in [1.165, 1.54) is 11.8 Å². The van der Waals surface area contributed by atoms with Crippen molar-refractivity contribution in [1.82, 2.24) is 0 Å². The van der Waals surface area contributed by atoms with Crippen molar-refractivity contribution in [1.29, 1.82) is 0 Å². The van der Waals surface area contributed by atoms with Crippen LogP contribution in [0, 0.1) is 0 Å². The SMILES string of the molecule is C=C(SC)C(=O)CCCC. The molecule has 0 bridgehead atoms. The summed E-state index contributed by atoms with van der Waals surface area (Å²) in [5, 5.41) is 0. The Labute approximate surface area is 66.9 Å². The zero-order chi connectivity index (χ0) is 7.98. The number of allylic oxidation sites excluding steroid dienone is 1. The minimum absolute atomic E-state index is 0.203. The van der Waals surface area contributed by atoms with Crippen molar-refractivity contribution in [3.8, 4) is 0 Å². The van der Waals surface area contributed by atoms with Gasteiger partial charge in [-0.15, -0.1) is 11.8 Å². The molecule has 10 heavy (non-hydrogen) atoms. The van der Waals surface area contributed by atoms with Gasteiger partial charge in [0.05, 0.1) is 0 Å². The molecule has 0 saturated heterocycles. The molecule has 0 aliphatic rings. The molecule has 0 atom stereocenters. The third-order valence-corrected chi connectivity index (χ3v) is 2.04. The maximum absolute atomic E-state index is 11.0. The molecule has 2 heteroatoms. The van der Waals surface area contributed by atoms with E-state index in [0.29, 0.717) is 11.3 Å². The van der Waals surface area contributed by atoms with Gasteiger partial charge >= 0.3 is 0 Å². The highest BCUT2D eigenvalue weighted by molar-refractivity contribution is 8.03. The van der Waals surface area contributed by atoms with Crippen LogP contribution in [-0.4, -0.2) is 12.0 Å². The predicted octanol–water partition coefficient (Wildman–Crippen LogP) is 2.62. The van der Waals surface area contributed by atoms with Crippen LogP contribution in [0.3, 0.4) is 0 Å². The Bertz CT molecular complexity index is 129. The Balaban J connectivity index is 3.52. The minimum atomic E-state index is 0.203. The second-order valence-electron chi connectivity index (χ2n) is 2.15. The third kappa shape index (κ3) is 3.72. The van der Waals surface area contributed by atoms with E-state index in [4.69, 9.17) is 0 Å². The Morgan fingerprint density at radius 3 is 2.60 bits per heavy atom. The summed E-state index contributed by atoms with van der Waals surface area (Å²) in [5.74, 6) is 0.203. The summed E-state index contributed by atoms with van der Waals surface area (Å²) < 4.78 is 0. The summed E-state index contributed by atoms with van der Waals surface area (Å²) in [6, 6.07) is 0. The molecular weight excluding hydrogens is 144 g/mol. The zero-order valence-electron chi connectivity index (χ0n) is 6.64. The maximum Gasteiger partial charge on any atom is 0.168 e. The zero-order valence-corrected chi connectivity index (χ0v) is 7.46. The molecule has 0 rings (SSSR count). The van der Waals surface area contributed by atoms with Crippen molar-refractivity contribution < 1.29 is 4.79 Å². The second-order valence-corrected chi connectivity index (χ2v) is 3.06. The highest BCUT2D eigenvalue weighted by atomic mass is 32.2. The molecule has 0 aromatic heterocycles. The van der Waals surface area contributed by atoms with Gasteiger partial charge in [0.2, 0.25) is 0 Å². The van der Waals surface area contributed by atoms with Gasteiger partial charge in [-0.3, -0.25) is 4.79 Å². The van der Waals surface area contributed by atoms with Crippen molar-refractivity contribution in [2.24, 2.45) is 0 Å². The average Bonchev–Trinajstić information content (AvgIpc) is 1.98. The van der Waals surface area contributed by atoms with Gasteiger partial charge in [-0.25, -0.2) is 0 Å². The van der Waals surface area contributed by atoms with Crippen molar-refractivity contribution in [2.45, 2.75) is 26.2 Å². The fourth-order valence-corrected chi connectivity index (χ4v) is 0.920. The molecule has 1 nitrogen and oxygen atoms in total. The first-order chi connectivity index (χ1) is 4.72. The van der Waals surface area contributed by atoms with Gasteiger partial charge in [-0.2, -0.15) is 0 Å². The number of hydrogen-bond acceptors (Lipinski definition) is 2. The van der Waals surface area contributed by atoms with E-state index in [0.717, 1.165) is 12.8 Å². The molecule has 0 aliphatic carbocycles. The van der Waals surface area contributed by atoms with Crippen LogP contribution in [-0.2, 0) is 4.79 Å². The van der Waals surface area contributed by atoms with Crippen molar-refractivity contribution in [3.63, 3.8) is 0 Å². The van der Waals surface area contributed by atoms with Gasteiger partial charge in [0, 0.05) is 11.3 Å². The van der Waals surface area contributed by atoms with E-state index in [1.54, 1.807) is 0 Å². The minimum Gasteiger partial charge on any atom is -0.294 e. The van der Waals surface area contributed by atoms with Crippen LogP contribution >= 0.6 is 11.8 Å². The number of carbonyl (C=O) groups is 1. The lowest BCUT2D eigenvalue weighted by atomic mass is 10.2. The molecule has 0 amide bonds. The molecule has 0 aromatic rings. The first-order valence-corrected chi connectivity index (χ1v) is 4.71. The largest absolute Gasteiger partial charge is 0.294 e. The van der Waals surface area contributed by atoms with E-state index in [2.05, 4.69) is 13.5 Å². The van der Waals surface area contributed by atoms with E-state index < -0.39 is 0 Å². The van der Waals surface area contributed by atoms with Crippen LogP contribution in [0.2, 0.25) is 0 Å². The van der Waals surface area contributed by atoms with Gasteiger partial charge in [-0.05, 0) is 12.7 Å². The molecule has 0 spiro atoms. The highest BCUT2D eigenvalue weighted by Gasteiger charge is 2.03. The summed E-state index contributed by atoms with van der Waals surface area (Å²) in [6.07, 6.45) is 4.61. The Kier molecular flexibility index (Phi) is 5.40. The van der Waals surface area contributed by atoms with Gasteiger partial charge in [0.15, 0.2) is 5.78 Å². The molecule has 0 radical (unpaired) electrons. The highest BCUT2D eigenvalue weighted by Crippen LogP contribution is 2.12. The lowest BCUT2D eigenvalue weighted by Gasteiger charge is -1.98. The van der Waals surface area contributed by atoms with Crippen molar-refractivity contribution in [3.05, 3.63) is 11.5 Å². The topological polar surface area (TPSA) is 17.1 Å². The average molecular weight is 158 g/mol. The quantitative estimate of drug-likeness (QED) is 0.572. The van der Waals surface area contributed by atoms with Crippen LogP contribution in [0.1, 0.15) is 26.2 Å². The fraction of sp³-hybridized carbons (Fsp3) is 0.625. The lowest BCUT2D eigenvalue weighted by molar-refractivity contribution is -0.115. The lowest BCUT2D eigenvalue weighted by Crippen LogP contribution is -1.96. The number of Topliss-reactive ketones (excluding diaryl/α,β-unsaturated/α-hetero) is 1. The van der Waals surface area contributed by atoms with E-state index in [1.807, 2.05) is 6.26 Å². The van der Waals surface area contributed by atoms with Crippen LogP contribution < -0.4 is 0 Å². The number of hydrogen-bond donors (Lipinski definition) is 0. The third-order valence-electron chi connectivity index (χ3n) is 1.31. The first-order valence-electron chi connectivity index (χ1n) is 3.48. The number of unbranched alkanes of at least 4 members (excludes halogenated alkanes) is 1. The van der Waals surface area contributed by atoms with Gasteiger partial charge < -0.3 is 0 Å². The molecule has 0 fully saturated rings. The molecule has 0 unspecified atom stereocenters. The summed E-state index contributed by atoms with van der Waals surface area (Å²) in [5.41, 5.74) is 0. The Hall–Kier alpha value is -0.240. The molecule has 58 valence electrons. The molecular formula is C8H14OS. The fourth-order valence-electron chi connectivity index (χ4n) is 0.591. The molecule has 0 N–H and O–H groups in total. The summed E-state index contributed by atoms with van der Waals surface area (Å²) >= 11 is 1.44. The predicted molar refractivity (Wildman–Crippen MR) is 47.2 cm³/mol. The molecule has 0 saturated carbocycles. The summed E-state index contributed by atoms with van der Waals surface area (Å²) in [4.78, 5) is 11.7. The van der Waals surface area contributed by atoms with Crippen LogP contribution in [0.4, 0.5) is 0 Å². The van der Waals surface area contributed by atoms with Crippen LogP contribution in [0.25, 0.3) is 0 Å². The van der Waals surface area contributed by atoms with Crippen molar-refractivity contribution in [2.75, 3.05) is 6.26 Å². The summed E-state index contributed by atoms with van der Waals surface area (Å²) in [6.45, 7) is 5.72. The van der Waals surface area contributed by atoms with Gasteiger partial charge in [0.25, 0.3) is 0 Å². The van der Waals surface area contributed by atoms with Crippen LogP contribution in [0.5, 0.6) is 0 Å². The second kappa shape index (κ2) is 5.54. The number of ketones is 1. The molecule has 0 heterocycles. The monoisotopic (exact) mass is 158 g/mol. The maximum atomic E-state index is 11.0. The Morgan fingerprint density at radius 1 is 1.60 bits per heavy atom. The van der Waals surface area contributed by atoms with Crippen LogP contribution in [0.15, 0.2) is 11.5 Å². The Morgan fingerprint density at radius 2 is 2.20 bits per heavy atom. The summed E-state index contributed by atoms with van der Waals surface area (Å²) in [7, 11) is 0. The number of carbonyl (C=O) groups excluding carboxylic acids is 1. The van der Waals surface area contributed by atoms with E-state index in [-0.39, 0.29) is 5.78 Å². The molecule has 0 aliphatic heterocycles. The van der Waals surface area contributed by atoms with Crippen molar-refractivity contribution >= 4 is 17.5 Å². The first kappa shape index (κ1) is 9.76. The van der Waals surface area contributed by atoms with Gasteiger partial charge in [-0.1, -0.05) is 19.9 Å². The number of thioether (sulfide) groups is 1. The van der Waals surface area contributed by atoms with Gasteiger partial charge in [0.1, 0.15) is 0 Å².